The summed E-state index contributed by atoms with van der Waals surface area (Å²) in [6.45, 7) is 8.69. The largest absolute Gasteiger partial charge is 0.285 e. The van der Waals surface area contributed by atoms with Crippen molar-refractivity contribution < 1.29 is 0 Å². The summed E-state index contributed by atoms with van der Waals surface area (Å²) < 4.78 is 0. The number of hydrogen-bond acceptors (Lipinski definition) is 1. The van der Waals surface area contributed by atoms with Crippen molar-refractivity contribution in [1.29, 1.82) is 0 Å². The molecule has 0 bridgehead atoms. The minimum atomic E-state index is 0.201. The Bertz CT molecular complexity index is 608. The van der Waals surface area contributed by atoms with Crippen LogP contribution < -0.4 is 0 Å². The van der Waals surface area contributed by atoms with Gasteiger partial charge in [0.15, 0.2) is 0 Å². The zero-order valence-electron chi connectivity index (χ0n) is 13.6. The van der Waals surface area contributed by atoms with Gasteiger partial charge in [-0.3, -0.25) is 4.99 Å². The van der Waals surface area contributed by atoms with Crippen molar-refractivity contribution in [3.05, 3.63) is 70.3 Å². The van der Waals surface area contributed by atoms with Gasteiger partial charge < -0.3 is 0 Å². The number of aliphatic imine (C=N–C) groups is 1. The first-order valence-electron chi connectivity index (χ1n) is 7.85. The molecule has 110 valence electrons. The van der Waals surface area contributed by atoms with E-state index in [1.165, 1.54) is 22.3 Å². The summed E-state index contributed by atoms with van der Waals surface area (Å²) in [5.74, 6) is 0. The molecule has 0 N–H and O–H groups in total. The van der Waals surface area contributed by atoms with Crippen molar-refractivity contribution in [1.82, 2.24) is 0 Å². The Hall–Kier alpha value is -1.89. The third-order valence-corrected chi connectivity index (χ3v) is 3.97. The van der Waals surface area contributed by atoms with E-state index in [1.807, 2.05) is 6.21 Å². The monoisotopic (exact) mass is 279 g/mol. The number of nitrogens with zero attached hydrogens (tertiary/aromatic N) is 1. The molecular weight excluding hydrogens is 254 g/mol. The van der Waals surface area contributed by atoms with E-state index in [0.717, 1.165) is 18.4 Å². The minimum absolute atomic E-state index is 0.201. The standard InChI is InChI=1S/C20H25N/c1-5-17-11-12-20(19(6-2)13-17)16(4)21-14-18-9-7-15(3)8-10-18/h7-14,16H,5-6H2,1-4H3/b21-14-. The van der Waals surface area contributed by atoms with Crippen LogP contribution in [0.15, 0.2) is 47.5 Å². The molecular formula is C20H25N. The highest BCUT2D eigenvalue weighted by molar-refractivity contribution is 5.79. The van der Waals surface area contributed by atoms with E-state index in [2.05, 4.69) is 70.2 Å². The molecule has 1 atom stereocenters. The van der Waals surface area contributed by atoms with Crippen LogP contribution in [0.3, 0.4) is 0 Å². The van der Waals surface area contributed by atoms with E-state index in [1.54, 1.807) is 0 Å². The lowest BCUT2D eigenvalue weighted by Crippen LogP contribution is -1.98. The van der Waals surface area contributed by atoms with Gasteiger partial charge in [-0.1, -0.05) is 61.9 Å². The highest BCUT2D eigenvalue weighted by atomic mass is 14.8. The molecule has 1 heteroatoms. The quantitative estimate of drug-likeness (QED) is 0.659. The molecule has 0 saturated carbocycles. The molecule has 2 aromatic carbocycles. The van der Waals surface area contributed by atoms with Gasteiger partial charge in [-0.15, -0.1) is 0 Å². The fourth-order valence-corrected chi connectivity index (χ4v) is 2.52. The number of benzene rings is 2. The van der Waals surface area contributed by atoms with Crippen molar-refractivity contribution in [2.24, 2.45) is 4.99 Å². The second kappa shape index (κ2) is 7.21. The fraction of sp³-hybridized carbons (Fsp3) is 0.350. The maximum absolute atomic E-state index is 4.73. The van der Waals surface area contributed by atoms with Crippen LogP contribution in [-0.4, -0.2) is 6.21 Å². The van der Waals surface area contributed by atoms with Gasteiger partial charge in [0.25, 0.3) is 0 Å². The van der Waals surface area contributed by atoms with E-state index in [9.17, 15) is 0 Å². The van der Waals surface area contributed by atoms with E-state index >= 15 is 0 Å². The van der Waals surface area contributed by atoms with Crippen molar-refractivity contribution in [3.8, 4) is 0 Å². The maximum atomic E-state index is 4.73. The van der Waals surface area contributed by atoms with Crippen molar-refractivity contribution in [2.75, 3.05) is 0 Å². The Morgan fingerprint density at radius 3 is 2.33 bits per heavy atom. The van der Waals surface area contributed by atoms with E-state index in [4.69, 9.17) is 4.99 Å². The van der Waals surface area contributed by atoms with Crippen LogP contribution in [0.4, 0.5) is 0 Å². The van der Waals surface area contributed by atoms with Crippen LogP contribution in [0.1, 0.15) is 54.6 Å². The van der Waals surface area contributed by atoms with Gasteiger partial charge in [-0.2, -0.15) is 0 Å². The van der Waals surface area contributed by atoms with Gasteiger partial charge in [0, 0.05) is 6.21 Å². The second-order valence-electron chi connectivity index (χ2n) is 5.61. The predicted molar refractivity (Wildman–Crippen MR) is 92.4 cm³/mol. The van der Waals surface area contributed by atoms with Crippen LogP contribution in [0.5, 0.6) is 0 Å². The first-order valence-corrected chi connectivity index (χ1v) is 7.85. The van der Waals surface area contributed by atoms with Gasteiger partial charge in [-0.05, 0) is 48.9 Å². The third kappa shape index (κ3) is 4.04. The molecule has 0 saturated heterocycles. The molecule has 0 aromatic heterocycles. The predicted octanol–water partition coefficient (Wildman–Crippen LogP) is 5.30. The molecule has 0 aliphatic rings. The summed E-state index contributed by atoms with van der Waals surface area (Å²) in [5, 5.41) is 0. The Morgan fingerprint density at radius 2 is 1.71 bits per heavy atom. The van der Waals surface area contributed by atoms with Gasteiger partial charge in [0.05, 0.1) is 6.04 Å². The molecule has 2 aromatic rings. The maximum Gasteiger partial charge on any atom is 0.0723 e. The average molecular weight is 279 g/mol. The summed E-state index contributed by atoms with van der Waals surface area (Å²) in [4.78, 5) is 4.73. The lowest BCUT2D eigenvalue weighted by molar-refractivity contribution is 0.805. The average Bonchev–Trinajstić information content (AvgIpc) is 2.53. The molecule has 21 heavy (non-hydrogen) atoms. The summed E-state index contributed by atoms with van der Waals surface area (Å²) in [7, 11) is 0. The first kappa shape index (κ1) is 15.5. The Morgan fingerprint density at radius 1 is 1.00 bits per heavy atom. The molecule has 2 rings (SSSR count). The molecule has 0 radical (unpaired) electrons. The number of aryl methyl sites for hydroxylation is 3. The molecule has 0 amide bonds. The molecule has 0 aliphatic heterocycles. The van der Waals surface area contributed by atoms with Crippen LogP contribution in [0.2, 0.25) is 0 Å². The summed E-state index contributed by atoms with van der Waals surface area (Å²) in [5.41, 5.74) is 6.62. The lowest BCUT2D eigenvalue weighted by atomic mass is 9.96. The summed E-state index contributed by atoms with van der Waals surface area (Å²) in [6.07, 6.45) is 4.14. The molecule has 0 aliphatic carbocycles. The Balaban J connectivity index is 2.19. The second-order valence-corrected chi connectivity index (χ2v) is 5.61. The van der Waals surface area contributed by atoms with Crippen LogP contribution in [-0.2, 0) is 12.8 Å². The van der Waals surface area contributed by atoms with Crippen molar-refractivity contribution in [2.45, 2.75) is 46.6 Å². The van der Waals surface area contributed by atoms with Crippen molar-refractivity contribution >= 4 is 6.21 Å². The molecule has 0 heterocycles. The van der Waals surface area contributed by atoms with Crippen LogP contribution in [0.25, 0.3) is 0 Å². The highest BCUT2D eigenvalue weighted by Gasteiger charge is 2.08. The Kier molecular flexibility index (Phi) is 5.32. The molecule has 1 unspecified atom stereocenters. The van der Waals surface area contributed by atoms with Crippen LogP contribution >= 0.6 is 0 Å². The number of hydrogen-bond donors (Lipinski definition) is 0. The van der Waals surface area contributed by atoms with Gasteiger partial charge in [0.1, 0.15) is 0 Å². The summed E-state index contributed by atoms with van der Waals surface area (Å²) >= 11 is 0. The lowest BCUT2D eigenvalue weighted by Gasteiger charge is -2.13. The highest BCUT2D eigenvalue weighted by Crippen LogP contribution is 2.23. The first-order chi connectivity index (χ1) is 10.1. The topological polar surface area (TPSA) is 12.4 Å². The summed E-state index contributed by atoms with van der Waals surface area (Å²) in [6, 6.07) is 15.5. The van der Waals surface area contributed by atoms with Gasteiger partial charge >= 0.3 is 0 Å². The molecule has 0 fully saturated rings. The van der Waals surface area contributed by atoms with E-state index < -0.39 is 0 Å². The fourth-order valence-electron chi connectivity index (χ4n) is 2.52. The zero-order chi connectivity index (χ0) is 15.2. The Labute approximate surface area is 128 Å². The smallest absolute Gasteiger partial charge is 0.0723 e. The molecule has 0 spiro atoms. The van der Waals surface area contributed by atoms with E-state index in [0.29, 0.717) is 0 Å². The van der Waals surface area contributed by atoms with Crippen LogP contribution in [0, 0.1) is 6.92 Å². The molecule has 1 nitrogen and oxygen atoms in total. The zero-order valence-corrected chi connectivity index (χ0v) is 13.6. The van der Waals surface area contributed by atoms with Crippen molar-refractivity contribution in [3.63, 3.8) is 0 Å². The van der Waals surface area contributed by atoms with Gasteiger partial charge in [-0.25, -0.2) is 0 Å². The van der Waals surface area contributed by atoms with E-state index in [-0.39, 0.29) is 6.04 Å². The SMILES string of the molecule is CCc1ccc(C(C)/N=C\c2ccc(C)cc2)c(CC)c1. The number of rotatable bonds is 5. The van der Waals surface area contributed by atoms with Gasteiger partial charge in [0.2, 0.25) is 0 Å². The minimum Gasteiger partial charge on any atom is -0.285 e. The normalized spacial score (nSPS) is 12.8. The third-order valence-electron chi connectivity index (χ3n) is 3.97.